The summed E-state index contributed by atoms with van der Waals surface area (Å²) in [5, 5.41) is 0. The third-order valence-electron chi connectivity index (χ3n) is 4.21. The lowest BCUT2D eigenvalue weighted by atomic mass is 10.2. The van der Waals surface area contributed by atoms with Gasteiger partial charge in [0.1, 0.15) is 5.82 Å². The molecule has 2 aromatic rings. The molecule has 3 rings (SSSR count). The number of hydrogen-bond donors (Lipinski definition) is 0. The highest BCUT2D eigenvalue weighted by Crippen LogP contribution is 2.33. The van der Waals surface area contributed by atoms with E-state index in [4.69, 9.17) is 4.98 Å². The lowest BCUT2D eigenvalue weighted by Gasteiger charge is -2.21. The molecule has 110 valence electrons. The fraction of sp³-hybridized carbons (Fsp3) is 0.471. The molecule has 2 heterocycles. The second-order valence-electron chi connectivity index (χ2n) is 5.98. The van der Waals surface area contributed by atoms with Gasteiger partial charge >= 0.3 is 0 Å². The first-order chi connectivity index (χ1) is 10.1. The topological polar surface area (TPSA) is 41.9 Å². The van der Waals surface area contributed by atoms with Crippen molar-refractivity contribution in [1.29, 1.82) is 0 Å². The van der Waals surface area contributed by atoms with Gasteiger partial charge in [0.25, 0.3) is 0 Å². The molecule has 0 aromatic carbocycles. The van der Waals surface area contributed by atoms with E-state index in [1.54, 1.807) is 6.20 Å². The molecular weight excluding hydrogens is 260 g/mol. The van der Waals surface area contributed by atoms with Crippen molar-refractivity contribution in [2.24, 2.45) is 5.92 Å². The molecule has 2 aromatic heterocycles. The van der Waals surface area contributed by atoms with E-state index in [-0.39, 0.29) is 0 Å². The van der Waals surface area contributed by atoms with Crippen molar-refractivity contribution in [3.8, 4) is 11.4 Å². The van der Waals surface area contributed by atoms with Crippen LogP contribution in [-0.4, -0.2) is 28.5 Å². The van der Waals surface area contributed by atoms with Crippen LogP contribution in [0.4, 0.5) is 5.82 Å². The average molecular weight is 282 g/mol. The molecule has 0 amide bonds. The second-order valence-corrected chi connectivity index (χ2v) is 5.98. The van der Waals surface area contributed by atoms with Gasteiger partial charge in [-0.2, -0.15) is 0 Å². The monoisotopic (exact) mass is 282 g/mol. The molecule has 0 aliphatic heterocycles. The Morgan fingerprint density at radius 2 is 2.05 bits per heavy atom. The molecule has 1 aliphatic rings. The maximum absolute atomic E-state index is 4.78. The minimum absolute atomic E-state index is 0.763. The van der Waals surface area contributed by atoms with Crippen molar-refractivity contribution >= 4 is 5.82 Å². The molecule has 1 fully saturated rings. The Hall–Kier alpha value is -1.97. The summed E-state index contributed by atoms with van der Waals surface area (Å²) < 4.78 is 0. The van der Waals surface area contributed by atoms with Gasteiger partial charge in [-0.05, 0) is 38.3 Å². The first-order valence-electron chi connectivity index (χ1n) is 7.62. The van der Waals surface area contributed by atoms with Crippen LogP contribution in [0.3, 0.4) is 0 Å². The first-order valence-corrected chi connectivity index (χ1v) is 7.62. The van der Waals surface area contributed by atoms with Crippen molar-refractivity contribution in [2.45, 2.75) is 33.1 Å². The van der Waals surface area contributed by atoms with Gasteiger partial charge in [-0.1, -0.05) is 12.8 Å². The largest absolute Gasteiger partial charge is 0.359 e. The van der Waals surface area contributed by atoms with E-state index in [9.17, 15) is 0 Å². The van der Waals surface area contributed by atoms with Crippen LogP contribution >= 0.6 is 0 Å². The predicted molar refractivity (Wildman–Crippen MR) is 85.3 cm³/mol. The lowest BCUT2D eigenvalue weighted by molar-refractivity contribution is 0.704. The smallest absolute Gasteiger partial charge is 0.163 e. The van der Waals surface area contributed by atoms with Gasteiger partial charge in [-0.3, -0.25) is 4.98 Å². The van der Waals surface area contributed by atoms with Crippen LogP contribution in [0.2, 0.25) is 0 Å². The number of rotatable bonds is 5. The number of aromatic nitrogens is 3. The number of anilines is 1. The summed E-state index contributed by atoms with van der Waals surface area (Å²) in [6.07, 6.45) is 7.65. The molecule has 21 heavy (non-hydrogen) atoms. The van der Waals surface area contributed by atoms with Gasteiger partial charge in [0.2, 0.25) is 0 Å². The Morgan fingerprint density at radius 3 is 2.71 bits per heavy atom. The number of nitrogens with zero attached hydrogens (tertiary/aromatic N) is 4. The number of hydrogen-bond acceptors (Lipinski definition) is 4. The quantitative estimate of drug-likeness (QED) is 0.843. The minimum atomic E-state index is 0.763. The van der Waals surface area contributed by atoms with E-state index in [2.05, 4.69) is 35.8 Å². The van der Waals surface area contributed by atoms with E-state index >= 15 is 0 Å². The molecule has 0 N–H and O–H groups in total. The standard InChI is InChI=1S/C17H22N4/c1-12-13(2)19-16(15-5-4-9-18-11-15)20-17(12)21(3)10-8-14-6-7-14/h4-5,9,11,14H,6-8,10H2,1-3H3. The van der Waals surface area contributed by atoms with Crippen molar-refractivity contribution in [2.75, 3.05) is 18.5 Å². The molecule has 0 unspecified atom stereocenters. The number of pyridine rings is 1. The lowest BCUT2D eigenvalue weighted by Crippen LogP contribution is -2.22. The Kier molecular flexibility index (Phi) is 3.86. The highest BCUT2D eigenvalue weighted by Gasteiger charge is 2.22. The van der Waals surface area contributed by atoms with E-state index < -0.39 is 0 Å². The third kappa shape index (κ3) is 3.20. The summed E-state index contributed by atoms with van der Waals surface area (Å²) in [5.41, 5.74) is 3.18. The Bertz CT molecular complexity index is 620. The zero-order valence-electron chi connectivity index (χ0n) is 13.0. The van der Waals surface area contributed by atoms with E-state index in [1.807, 2.05) is 18.3 Å². The van der Waals surface area contributed by atoms with Gasteiger partial charge in [-0.25, -0.2) is 9.97 Å². The molecule has 0 saturated heterocycles. The van der Waals surface area contributed by atoms with Gasteiger partial charge in [0, 0.05) is 42.8 Å². The summed E-state index contributed by atoms with van der Waals surface area (Å²) in [4.78, 5) is 15.8. The van der Waals surface area contributed by atoms with Crippen LogP contribution in [0.15, 0.2) is 24.5 Å². The summed E-state index contributed by atoms with van der Waals surface area (Å²) in [6.45, 7) is 5.22. The SMILES string of the molecule is Cc1nc(-c2cccnc2)nc(N(C)CCC2CC2)c1C. The molecule has 0 spiro atoms. The maximum Gasteiger partial charge on any atom is 0.163 e. The fourth-order valence-electron chi connectivity index (χ4n) is 2.50. The minimum Gasteiger partial charge on any atom is -0.359 e. The van der Waals surface area contributed by atoms with Crippen LogP contribution in [0.1, 0.15) is 30.5 Å². The average Bonchev–Trinajstić information content (AvgIpc) is 3.32. The Morgan fingerprint density at radius 1 is 1.24 bits per heavy atom. The molecule has 1 saturated carbocycles. The van der Waals surface area contributed by atoms with Crippen molar-refractivity contribution < 1.29 is 0 Å². The van der Waals surface area contributed by atoms with Crippen LogP contribution in [-0.2, 0) is 0 Å². The van der Waals surface area contributed by atoms with Crippen LogP contribution < -0.4 is 4.90 Å². The van der Waals surface area contributed by atoms with Gasteiger partial charge in [-0.15, -0.1) is 0 Å². The Labute approximate surface area is 126 Å². The van der Waals surface area contributed by atoms with Crippen LogP contribution in [0.5, 0.6) is 0 Å². The zero-order valence-corrected chi connectivity index (χ0v) is 13.0. The number of aryl methyl sites for hydroxylation is 1. The molecule has 1 aliphatic carbocycles. The first kappa shape index (κ1) is 14.0. The van der Waals surface area contributed by atoms with E-state index in [1.165, 1.54) is 24.8 Å². The highest BCUT2D eigenvalue weighted by atomic mass is 15.2. The summed E-state index contributed by atoms with van der Waals surface area (Å²) in [5.74, 6) is 2.75. The molecule has 0 atom stereocenters. The van der Waals surface area contributed by atoms with Crippen molar-refractivity contribution in [1.82, 2.24) is 15.0 Å². The molecule has 0 bridgehead atoms. The molecule has 4 nitrogen and oxygen atoms in total. The van der Waals surface area contributed by atoms with Crippen LogP contribution in [0.25, 0.3) is 11.4 Å². The van der Waals surface area contributed by atoms with Crippen LogP contribution in [0, 0.1) is 19.8 Å². The zero-order chi connectivity index (χ0) is 14.8. The van der Waals surface area contributed by atoms with Gasteiger partial charge in [0.05, 0.1) is 0 Å². The van der Waals surface area contributed by atoms with E-state index in [0.717, 1.165) is 35.4 Å². The van der Waals surface area contributed by atoms with Crippen molar-refractivity contribution in [3.63, 3.8) is 0 Å². The van der Waals surface area contributed by atoms with Gasteiger partial charge in [0.15, 0.2) is 5.82 Å². The summed E-state index contributed by atoms with van der Waals surface area (Å²) in [7, 11) is 2.13. The normalized spacial score (nSPS) is 14.2. The predicted octanol–water partition coefficient (Wildman–Crippen LogP) is 3.39. The summed E-state index contributed by atoms with van der Waals surface area (Å²) in [6, 6.07) is 3.93. The summed E-state index contributed by atoms with van der Waals surface area (Å²) >= 11 is 0. The fourth-order valence-corrected chi connectivity index (χ4v) is 2.50. The highest BCUT2D eigenvalue weighted by molar-refractivity contribution is 5.59. The third-order valence-corrected chi connectivity index (χ3v) is 4.21. The van der Waals surface area contributed by atoms with Gasteiger partial charge < -0.3 is 4.90 Å². The Balaban J connectivity index is 1.89. The maximum atomic E-state index is 4.78. The van der Waals surface area contributed by atoms with E-state index in [0.29, 0.717) is 0 Å². The van der Waals surface area contributed by atoms with Crippen molar-refractivity contribution in [3.05, 3.63) is 35.8 Å². The molecule has 0 radical (unpaired) electrons. The molecular formula is C17H22N4. The second kappa shape index (κ2) is 5.80. The molecule has 4 heteroatoms.